The summed E-state index contributed by atoms with van der Waals surface area (Å²) in [6.45, 7) is 0.672. The van der Waals surface area contributed by atoms with Crippen molar-refractivity contribution >= 4 is 22.3 Å². The molecule has 106 valence electrons. The van der Waals surface area contributed by atoms with Crippen molar-refractivity contribution in [3.05, 3.63) is 41.5 Å². The second-order valence-corrected chi connectivity index (χ2v) is 5.41. The quantitative estimate of drug-likeness (QED) is 0.794. The lowest BCUT2D eigenvalue weighted by Gasteiger charge is -2.24. The molecule has 2 aromatic rings. The zero-order chi connectivity index (χ0) is 14.4. The topological polar surface area (TPSA) is 52.6 Å². The monoisotopic (exact) mass is 282 g/mol. The minimum absolute atomic E-state index is 0.330. The van der Waals surface area contributed by atoms with Crippen LogP contribution >= 0.6 is 0 Å². The third-order valence-corrected chi connectivity index (χ3v) is 4.08. The Hall–Kier alpha value is -2.20. The highest BCUT2D eigenvalue weighted by Crippen LogP contribution is 2.37. The van der Waals surface area contributed by atoms with E-state index in [2.05, 4.69) is 0 Å². The Bertz CT molecular complexity index is 757. The van der Waals surface area contributed by atoms with Gasteiger partial charge in [-0.2, -0.15) is 0 Å². The molecule has 2 aromatic carbocycles. The first-order valence-electron chi connectivity index (χ1n) is 7.19. The summed E-state index contributed by atoms with van der Waals surface area (Å²) in [5.74, 6) is -0.471. The molecule has 1 fully saturated rings. The van der Waals surface area contributed by atoms with Crippen LogP contribution < -0.4 is 4.74 Å². The molecule has 4 heteroatoms. The van der Waals surface area contributed by atoms with Crippen molar-refractivity contribution in [2.75, 3.05) is 6.61 Å². The van der Waals surface area contributed by atoms with Crippen LogP contribution in [0.1, 0.15) is 40.0 Å². The predicted octanol–water partition coefficient (Wildman–Crippen LogP) is 3.12. The van der Waals surface area contributed by atoms with Crippen molar-refractivity contribution in [2.45, 2.75) is 25.6 Å². The summed E-state index contributed by atoms with van der Waals surface area (Å²) >= 11 is 0. The van der Waals surface area contributed by atoms with Gasteiger partial charge in [0.1, 0.15) is 5.75 Å². The smallest absolute Gasteiger partial charge is 0.237 e. The number of benzene rings is 2. The third kappa shape index (κ3) is 1.87. The summed E-state index contributed by atoms with van der Waals surface area (Å²) in [6.07, 6.45) is 2.56. The summed E-state index contributed by atoms with van der Waals surface area (Å²) < 4.78 is 11.4. The van der Waals surface area contributed by atoms with Crippen LogP contribution in [-0.4, -0.2) is 24.5 Å². The van der Waals surface area contributed by atoms with Crippen LogP contribution in [0.25, 0.3) is 10.8 Å². The van der Waals surface area contributed by atoms with Gasteiger partial charge in [-0.25, -0.2) is 0 Å². The Morgan fingerprint density at radius 1 is 1.05 bits per heavy atom. The number of hydrogen-bond donors (Lipinski definition) is 0. The highest BCUT2D eigenvalue weighted by molar-refractivity contribution is 6.57. The highest BCUT2D eigenvalue weighted by Gasteiger charge is 2.34. The Labute approximate surface area is 121 Å². The molecule has 1 atom stereocenters. The molecule has 4 nitrogen and oxygen atoms in total. The molecule has 4 rings (SSSR count). The summed E-state index contributed by atoms with van der Waals surface area (Å²) in [5, 5.41) is 1.60. The van der Waals surface area contributed by atoms with E-state index in [1.165, 1.54) is 0 Å². The van der Waals surface area contributed by atoms with Crippen LogP contribution in [0.5, 0.6) is 5.75 Å². The number of carbonyl (C=O) groups is 2. The highest BCUT2D eigenvalue weighted by atomic mass is 16.7. The van der Waals surface area contributed by atoms with Crippen LogP contribution in [0, 0.1) is 0 Å². The van der Waals surface area contributed by atoms with E-state index in [1.54, 1.807) is 18.2 Å². The summed E-state index contributed by atoms with van der Waals surface area (Å²) in [7, 11) is 0. The molecule has 2 aliphatic rings. The van der Waals surface area contributed by atoms with E-state index >= 15 is 0 Å². The number of hydrogen-bond acceptors (Lipinski definition) is 4. The number of carbonyl (C=O) groups excluding carboxylic acids is 2. The fraction of sp³-hybridized carbons (Fsp3) is 0.294. The van der Waals surface area contributed by atoms with Crippen molar-refractivity contribution < 1.29 is 19.1 Å². The van der Waals surface area contributed by atoms with E-state index in [9.17, 15) is 9.59 Å². The molecule has 1 unspecified atom stereocenters. The van der Waals surface area contributed by atoms with Crippen molar-refractivity contribution in [1.29, 1.82) is 0 Å². The van der Waals surface area contributed by atoms with Gasteiger partial charge in [-0.3, -0.25) is 9.59 Å². The summed E-state index contributed by atoms with van der Waals surface area (Å²) in [4.78, 5) is 24.4. The first kappa shape index (κ1) is 12.5. The van der Waals surface area contributed by atoms with E-state index in [0.717, 1.165) is 24.6 Å². The molecule has 0 amide bonds. The summed E-state index contributed by atoms with van der Waals surface area (Å²) in [5.41, 5.74) is 0.866. The number of Topliss-reactive ketones (excluding diaryl/α,β-unsaturated/α-hetero) is 2. The molecule has 21 heavy (non-hydrogen) atoms. The maximum atomic E-state index is 12.3. The Morgan fingerprint density at radius 2 is 1.95 bits per heavy atom. The van der Waals surface area contributed by atoms with E-state index in [0.29, 0.717) is 28.9 Å². The molecule has 0 radical (unpaired) electrons. The van der Waals surface area contributed by atoms with Crippen molar-refractivity contribution in [2.24, 2.45) is 0 Å². The molecule has 1 heterocycles. The molecule has 0 spiro atoms. The molecule has 0 aromatic heterocycles. The Kier molecular flexibility index (Phi) is 2.79. The average Bonchev–Trinajstić information content (AvgIpc) is 2.78. The van der Waals surface area contributed by atoms with Crippen molar-refractivity contribution in [1.82, 2.24) is 0 Å². The molecule has 1 aliphatic carbocycles. The van der Waals surface area contributed by atoms with Gasteiger partial charge in [0.2, 0.25) is 11.6 Å². The van der Waals surface area contributed by atoms with Crippen molar-refractivity contribution in [3.8, 4) is 5.75 Å². The number of ether oxygens (including phenoxy) is 2. The van der Waals surface area contributed by atoms with Crippen LogP contribution in [0.15, 0.2) is 30.3 Å². The lowest BCUT2D eigenvalue weighted by molar-refractivity contribution is -0.106. The van der Waals surface area contributed by atoms with Crippen LogP contribution in [0.3, 0.4) is 0 Å². The van der Waals surface area contributed by atoms with Crippen LogP contribution in [0.2, 0.25) is 0 Å². The van der Waals surface area contributed by atoms with Gasteiger partial charge < -0.3 is 9.47 Å². The van der Waals surface area contributed by atoms with Gasteiger partial charge in [-0.05, 0) is 24.3 Å². The van der Waals surface area contributed by atoms with Gasteiger partial charge in [0.05, 0.1) is 12.2 Å². The van der Waals surface area contributed by atoms with Gasteiger partial charge >= 0.3 is 0 Å². The maximum absolute atomic E-state index is 12.3. The van der Waals surface area contributed by atoms with Gasteiger partial charge in [-0.1, -0.05) is 24.3 Å². The minimum atomic E-state index is -0.479. The first-order valence-corrected chi connectivity index (χ1v) is 7.19. The molecule has 0 bridgehead atoms. The molecular formula is C17H14O4. The molecule has 0 N–H and O–H groups in total. The Balaban J connectivity index is 1.83. The zero-order valence-corrected chi connectivity index (χ0v) is 11.4. The second-order valence-electron chi connectivity index (χ2n) is 5.41. The largest absolute Gasteiger partial charge is 0.464 e. The number of rotatable bonds is 2. The second kappa shape index (κ2) is 4.67. The van der Waals surface area contributed by atoms with Gasteiger partial charge in [-0.15, -0.1) is 0 Å². The number of ketones is 2. The fourth-order valence-electron chi connectivity index (χ4n) is 3.05. The average molecular weight is 282 g/mol. The predicted molar refractivity (Wildman–Crippen MR) is 76.8 cm³/mol. The molecular weight excluding hydrogens is 268 g/mol. The lowest BCUT2D eigenvalue weighted by atomic mass is 10.0. The van der Waals surface area contributed by atoms with Crippen LogP contribution in [-0.2, 0) is 4.74 Å². The van der Waals surface area contributed by atoms with Gasteiger partial charge in [0.25, 0.3) is 0 Å². The fourth-order valence-corrected chi connectivity index (χ4v) is 3.05. The lowest BCUT2D eigenvalue weighted by Crippen LogP contribution is -2.25. The van der Waals surface area contributed by atoms with Gasteiger partial charge in [0.15, 0.2) is 6.29 Å². The molecule has 1 aliphatic heterocycles. The molecule has 0 saturated carbocycles. The van der Waals surface area contributed by atoms with E-state index in [1.807, 2.05) is 12.1 Å². The molecule has 1 saturated heterocycles. The summed E-state index contributed by atoms with van der Waals surface area (Å²) in [6, 6.07) is 9.03. The Morgan fingerprint density at radius 3 is 2.76 bits per heavy atom. The standard InChI is InChI=1S/C17H14O4/c18-16-11-5-3-4-10-7-8-12(15(14(10)11)17(16)19)21-13-6-1-2-9-20-13/h3-5,7-8,13H,1-2,6,9H2. The third-order valence-electron chi connectivity index (χ3n) is 4.08. The normalized spacial score (nSPS) is 21.0. The van der Waals surface area contributed by atoms with E-state index < -0.39 is 11.6 Å². The van der Waals surface area contributed by atoms with Gasteiger partial charge in [0, 0.05) is 17.4 Å². The van der Waals surface area contributed by atoms with Crippen LogP contribution in [0.4, 0.5) is 0 Å². The maximum Gasteiger partial charge on any atom is 0.237 e. The zero-order valence-electron chi connectivity index (χ0n) is 11.4. The van der Waals surface area contributed by atoms with E-state index in [-0.39, 0.29) is 6.29 Å². The van der Waals surface area contributed by atoms with Crippen molar-refractivity contribution in [3.63, 3.8) is 0 Å². The SMILES string of the molecule is O=C1C(=O)c2c(OC3CCCCO3)ccc3cccc1c23. The minimum Gasteiger partial charge on any atom is -0.464 e. The van der Waals surface area contributed by atoms with E-state index in [4.69, 9.17) is 9.47 Å². The first-order chi connectivity index (χ1) is 10.3.